The smallest absolute Gasteiger partial charge is 0.241 e. The van der Waals surface area contributed by atoms with Gasteiger partial charge in [0, 0.05) is 33.7 Å². The lowest BCUT2D eigenvalue weighted by molar-refractivity contribution is -0.221. The van der Waals surface area contributed by atoms with Crippen LogP contribution in [0.25, 0.3) is 0 Å². The topological polar surface area (TPSA) is 38.8 Å². The quantitative estimate of drug-likeness (QED) is 0.757. The van der Waals surface area contributed by atoms with Crippen LogP contribution in [0, 0.1) is 0 Å². The van der Waals surface area contributed by atoms with Crippen LogP contribution in [0.1, 0.15) is 12.0 Å². The number of hydrogen-bond donors (Lipinski definition) is 0. The second-order valence-electron chi connectivity index (χ2n) is 4.53. The largest absolute Gasteiger partial charge is 0.346 e. The Balaban J connectivity index is 2.06. The molecule has 18 heavy (non-hydrogen) atoms. The standard InChI is InChI=1S/C14H19NO3/c1-17-14(18-2)11-15(9-8-13(14)16)10-12-6-4-3-5-7-12/h3-7H,8-11H2,1-2H3. The molecular formula is C14H19NO3. The van der Waals surface area contributed by atoms with Crippen LogP contribution in [0.3, 0.4) is 0 Å². The van der Waals surface area contributed by atoms with Gasteiger partial charge in [0.15, 0.2) is 5.78 Å². The fourth-order valence-electron chi connectivity index (χ4n) is 2.33. The molecule has 0 atom stereocenters. The lowest BCUT2D eigenvalue weighted by Gasteiger charge is -2.39. The molecule has 1 aromatic rings. The molecule has 1 aliphatic rings. The van der Waals surface area contributed by atoms with E-state index in [4.69, 9.17) is 9.47 Å². The molecule has 1 aromatic carbocycles. The highest BCUT2D eigenvalue weighted by atomic mass is 16.7. The van der Waals surface area contributed by atoms with Gasteiger partial charge in [-0.1, -0.05) is 30.3 Å². The number of likely N-dealkylation sites (tertiary alicyclic amines) is 1. The van der Waals surface area contributed by atoms with Gasteiger partial charge in [-0.15, -0.1) is 0 Å². The van der Waals surface area contributed by atoms with E-state index in [1.807, 2.05) is 18.2 Å². The molecule has 0 N–H and O–H groups in total. The molecule has 1 saturated heterocycles. The fraction of sp³-hybridized carbons (Fsp3) is 0.500. The maximum Gasteiger partial charge on any atom is 0.241 e. The molecule has 0 spiro atoms. The summed E-state index contributed by atoms with van der Waals surface area (Å²) in [6.45, 7) is 2.04. The first kappa shape index (κ1) is 13.2. The molecule has 0 aromatic heterocycles. The summed E-state index contributed by atoms with van der Waals surface area (Å²) < 4.78 is 10.6. The van der Waals surface area contributed by atoms with Crippen LogP contribution in [-0.4, -0.2) is 43.8 Å². The minimum absolute atomic E-state index is 0.0248. The predicted molar refractivity (Wildman–Crippen MR) is 68.1 cm³/mol. The normalized spacial score (nSPS) is 20.0. The first-order valence-electron chi connectivity index (χ1n) is 6.10. The van der Waals surface area contributed by atoms with Crippen molar-refractivity contribution in [3.63, 3.8) is 0 Å². The maximum atomic E-state index is 11.9. The molecule has 0 aliphatic carbocycles. The van der Waals surface area contributed by atoms with Crippen LogP contribution < -0.4 is 0 Å². The van der Waals surface area contributed by atoms with Crippen molar-refractivity contribution in [1.82, 2.24) is 4.90 Å². The van der Waals surface area contributed by atoms with Crippen LogP contribution in [0.5, 0.6) is 0 Å². The molecule has 4 heteroatoms. The molecule has 0 saturated carbocycles. The van der Waals surface area contributed by atoms with Crippen molar-refractivity contribution in [2.45, 2.75) is 18.8 Å². The van der Waals surface area contributed by atoms with Crippen molar-refractivity contribution >= 4 is 5.78 Å². The zero-order chi connectivity index (χ0) is 13.0. The number of carbonyl (C=O) groups excluding carboxylic acids is 1. The van der Waals surface area contributed by atoms with Gasteiger partial charge in [-0.3, -0.25) is 9.69 Å². The van der Waals surface area contributed by atoms with Gasteiger partial charge in [0.25, 0.3) is 0 Å². The maximum absolute atomic E-state index is 11.9. The number of hydrogen-bond acceptors (Lipinski definition) is 4. The number of methoxy groups -OCH3 is 2. The Bertz CT molecular complexity index is 401. The summed E-state index contributed by atoms with van der Waals surface area (Å²) in [7, 11) is 3.04. The fourth-order valence-corrected chi connectivity index (χ4v) is 2.33. The van der Waals surface area contributed by atoms with E-state index in [0.29, 0.717) is 13.0 Å². The molecule has 1 fully saturated rings. The Hall–Kier alpha value is -1.23. The third-order valence-electron chi connectivity index (χ3n) is 3.42. The average molecular weight is 249 g/mol. The summed E-state index contributed by atoms with van der Waals surface area (Å²) in [5.74, 6) is -1.07. The number of carbonyl (C=O) groups is 1. The Morgan fingerprint density at radius 2 is 1.89 bits per heavy atom. The van der Waals surface area contributed by atoms with Gasteiger partial charge in [0.05, 0.1) is 6.54 Å². The summed E-state index contributed by atoms with van der Waals surface area (Å²) in [6, 6.07) is 10.2. The first-order chi connectivity index (χ1) is 8.70. The minimum atomic E-state index is -1.09. The van der Waals surface area contributed by atoms with E-state index in [9.17, 15) is 4.79 Å². The van der Waals surface area contributed by atoms with Gasteiger partial charge in [0.1, 0.15) is 0 Å². The summed E-state index contributed by atoms with van der Waals surface area (Å²) in [6.07, 6.45) is 0.467. The van der Waals surface area contributed by atoms with E-state index in [-0.39, 0.29) is 5.78 Å². The summed E-state index contributed by atoms with van der Waals surface area (Å²) in [5.41, 5.74) is 1.23. The highest BCUT2D eigenvalue weighted by Crippen LogP contribution is 2.23. The number of ether oxygens (including phenoxy) is 2. The first-order valence-corrected chi connectivity index (χ1v) is 6.10. The van der Waals surface area contributed by atoms with Crippen LogP contribution in [0.4, 0.5) is 0 Å². The van der Waals surface area contributed by atoms with Crippen molar-refractivity contribution < 1.29 is 14.3 Å². The highest BCUT2D eigenvalue weighted by molar-refractivity contribution is 5.87. The van der Waals surface area contributed by atoms with Crippen LogP contribution in [0.2, 0.25) is 0 Å². The predicted octanol–water partition coefficient (Wildman–Crippen LogP) is 1.45. The van der Waals surface area contributed by atoms with Gasteiger partial charge in [-0.2, -0.15) is 0 Å². The van der Waals surface area contributed by atoms with E-state index < -0.39 is 5.79 Å². The van der Waals surface area contributed by atoms with Gasteiger partial charge < -0.3 is 9.47 Å². The number of nitrogens with zero attached hydrogens (tertiary/aromatic N) is 1. The summed E-state index contributed by atoms with van der Waals surface area (Å²) in [4.78, 5) is 14.1. The lowest BCUT2D eigenvalue weighted by atomic mass is 10.0. The van der Waals surface area contributed by atoms with Crippen molar-refractivity contribution in [3.8, 4) is 0 Å². The Labute approximate surface area is 107 Å². The van der Waals surface area contributed by atoms with Crippen molar-refractivity contribution in [3.05, 3.63) is 35.9 Å². The number of Topliss-reactive ketones (excluding diaryl/α,β-unsaturated/α-hetero) is 1. The zero-order valence-electron chi connectivity index (χ0n) is 10.9. The second-order valence-corrected chi connectivity index (χ2v) is 4.53. The van der Waals surface area contributed by atoms with Gasteiger partial charge in [0.2, 0.25) is 5.79 Å². The highest BCUT2D eigenvalue weighted by Gasteiger charge is 2.43. The SMILES string of the molecule is COC1(OC)CN(Cc2ccccc2)CCC1=O. The van der Waals surface area contributed by atoms with E-state index in [1.54, 1.807) is 0 Å². The lowest BCUT2D eigenvalue weighted by Crippen LogP contribution is -2.56. The third-order valence-corrected chi connectivity index (χ3v) is 3.42. The number of ketones is 1. The van der Waals surface area contributed by atoms with Gasteiger partial charge in [-0.25, -0.2) is 0 Å². The number of piperidine rings is 1. The Morgan fingerprint density at radius 3 is 2.50 bits per heavy atom. The second kappa shape index (κ2) is 5.61. The third kappa shape index (κ3) is 2.61. The molecule has 0 unspecified atom stereocenters. The van der Waals surface area contributed by atoms with Crippen LogP contribution >= 0.6 is 0 Å². The molecule has 4 nitrogen and oxygen atoms in total. The minimum Gasteiger partial charge on any atom is -0.346 e. The van der Waals surface area contributed by atoms with Crippen molar-refractivity contribution in [1.29, 1.82) is 0 Å². The van der Waals surface area contributed by atoms with Gasteiger partial charge in [-0.05, 0) is 5.56 Å². The van der Waals surface area contributed by atoms with E-state index in [0.717, 1.165) is 13.1 Å². The Kier molecular flexibility index (Phi) is 4.11. The molecule has 0 radical (unpaired) electrons. The Morgan fingerprint density at radius 1 is 1.22 bits per heavy atom. The number of benzene rings is 1. The molecule has 2 rings (SSSR count). The van der Waals surface area contributed by atoms with E-state index in [1.165, 1.54) is 19.8 Å². The summed E-state index contributed by atoms with van der Waals surface area (Å²) in [5, 5.41) is 0. The molecule has 1 aliphatic heterocycles. The molecule has 98 valence electrons. The zero-order valence-corrected chi connectivity index (χ0v) is 10.9. The van der Waals surface area contributed by atoms with Crippen molar-refractivity contribution in [2.75, 3.05) is 27.3 Å². The molecule has 1 heterocycles. The van der Waals surface area contributed by atoms with E-state index in [2.05, 4.69) is 17.0 Å². The van der Waals surface area contributed by atoms with Crippen molar-refractivity contribution in [2.24, 2.45) is 0 Å². The van der Waals surface area contributed by atoms with Crippen LogP contribution in [0.15, 0.2) is 30.3 Å². The summed E-state index contributed by atoms with van der Waals surface area (Å²) >= 11 is 0. The number of rotatable bonds is 4. The molecule has 0 amide bonds. The molecular weight excluding hydrogens is 230 g/mol. The molecule has 0 bridgehead atoms. The van der Waals surface area contributed by atoms with Crippen LogP contribution in [-0.2, 0) is 20.8 Å². The van der Waals surface area contributed by atoms with E-state index >= 15 is 0 Å². The van der Waals surface area contributed by atoms with Gasteiger partial charge >= 0.3 is 0 Å². The monoisotopic (exact) mass is 249 g/mol. The average Bonchev–Trinajstić information content (AvgIpc) is 2.42.